The van der Waals surface area contributed by atoms with Gasteiger partial charge in [-0.25, -0.2) is 4.39 Å². The first-order chi connectivity index (χ1) is 8.78. The van der Waals surface area contributed by atoms with Gasteiger partial charge in [0.15, 0.2) is 5.11 Å². The molecule has 0 radical (unpaired) electrons. The molecule has 6 heteroatoms. The highest BCUT2D eigenvalue weighted by Gasteiger charge is 2.09. The van der Waals surface area contributed by atoms with Crippen LogP contribution in [0.4, 0.5) is 10.1 Å². The second kappa shape index (κ2) is 7.45. The molecule has 0 atom stereocenters. The Balaban J connectivity index is 2.35. The van der Waals surface area contributed by atoms with E-state index in [1.54, 1.807) is 6.07 Å². The molecular formula is C13H18BrFN2S2. The fourth-order valence-corrected chi connectivity index (χ4v) is 2.76. The summed E-state index contributed by atoms with van der Waals surface area (Å²) in [5.74, 6) is 0.702. The van der Waals surface area contributed by atoms with Crippen LogP contribution in [0.5, 0.6) is 0 Å². The average Bonchev–Trinajstić information content (AvgIpc) is 2.27. The maximum absolute atomic E-state index is 12.9. The third-order valence-corrected chi connectivity index (χ3v) is 4.28. The Labute approximate surface area is 132 Å². The van der Waals surface area contributed by atoms with Crippen molar-refractivity contribution in [3.63, 3.8) is 0 Å². The van der Waals surface area contributed by atoms with Crippen molar-refractivity contribution in [2.45, 2.75) is 25.5 Å². The molecule has 0 fully saturated rings. The van der Waals surface area contributed by atoms with Crippen molar-refractivity contribution in [2.24, 2.45) is 0 Å². The van der Waals surface area contributed by atoms with Gasteiger partial charge < -0.3 is 10.6 Å². The van der Waals surface area contributed by atoms with Crippen LogP contribution >= 0.6 is 39.9 Å². The number of rotatable bonds is 4. The molecular weight excluding hydrogens is 347 g/mol. The van der Waals surface area contributed by atoms with Crippen LogP contribution in [0, 0.1) is 5.82 Å². The zero-order chi connectivity index (χ0) is 14.5. The lowest BCUT2D eigenvalue weighted by Gasteiger charge is -2.18. The van der Waals surface area contributed by atoms with E-state index < -0.39 is 0 Å². The number of hydrogen-bond acceptors (Lipinski definition) is 2. The average molecular weight is 365 g/mol. The Morgan fingerprint density at radius 1 is 1.42 bits per heavy atom. The molecule has 19 heavy (non-hydrogen) atoms. The van der Waals surface area contributed by atoms with Crippen molar-refractivity contribution < 1.29 is 4.39 Å². The van der Waals surface area contributed by atoms with Gasteiger partial charge >= 0.3 is 0 Å². The summed E-state index contributed by atoms with van der Waals surface area (Å²) in [5, 5.41) is 6.71. The first kappa shape index (κ1) is 16.7. The minimum absolute atomic E-state index is 0.261. The number of thioether (sulfide) groups is 1. The second-order valence-electron chi connectivity index (χ2n) is 4.97. The van der Waals surface area contributed by atoms with Crippen molar-refractivity contribution in [3.8, 4) is 0 Å². The molecule has 0 aliphatic rings. The highest BCUT2D eigenvalue weighted by Crippen LogP contribution is 2.23. The van der Waals surface area contributed by atoms with Gasteiger partial charge in [-0.2, -0.15) is 11.8 Å². The smallest absolute Gasteiger partial charge is 0.170 e. The zero-order valence-electron chi connectivity index (χ0n) is 11.2. The molecule has 0 saturated heterocycles. The minimum Gasteiger partial charge on any atom is -0.362 e. The molecule has 0 bridgehead atoms. The third kappa shape index (κ3) is 7.13. The summed E-state index contributed by atoms with van der Waals surface area (Å²) >= 11 is 10.4. The van der Waals surface area contributed by atoms with Crippen LogP contribution in [0.2, 0.25) is 0 Å². The van der Waals surface area contributed by atoms with Crippen molar-refractivity contribution in [2.75, 3.05) is 17.6 Å². The van der Waals surface area contributed by atoms with Gasteiger partial charge in [-0.15, -0.1) is 0 Å². The Bertz CT molecular complexity index is 447. The summed E-state index contributed by atoms with van der Waals surface area (Å²) < 4.78 is 13.9. The van der Waals surface area contributed by atoms with E-state index in [2.05, 4.69) is 47.3 Å². The molecule has 0 saturated carbocycles. The topological polar surface area (TPSA) is 24.1 Å². The van der Waals surface area contributed by atoms with Crippen LogP contribution in [0.1, 0.15) is 20.8 Å². The SMILES string of the molecule is CC(C)(C)SCCNC(=S)Nc1ccc(F)cc1Br. The maximum Gasteiger partial charge on any atom is 0.170 e. The molecule has 1 aromatic carbocycles. The van der Waals surface area contributed by atoms with Gasteiger partial charge in [0.2, 0.25) is 0 Å². The van der Waals surface area contributed by atoms with E-state index in [9.17, 15) is 4.39 Å². The van der Waals surface area contributed by atoms with Crippen LogP contribution in [-0.2, 0) is 0 Å². The summed E-state index contributed by atoms with van der Waals surface area (Å²) in [5.41, 5.74) is 0.752. The Morgan fingerprint density at radius 2 is 2.11 bits per heavy atom. The summed E-state index contributed by atoms with van der Waals surface area (Å²) in [6, 6.07) is 4.45. The predicted octanol–water partition coefficient (Wildman–Crippen LogP) is 4.41. The molecule has 106 valence electrons. The molecule has 0 unspecified atom stereocenters. The van der Waals surface area contributed by atoms with Crippen LogP contribution < -0.4 is 10.6 Å². The molecule has 2 nitrogen and oxygen atoms in total. The van der Waals surface area contributed by atoms with E-state index >= 15 is 0 Å². The maximum atomic E-state index is 12.9. The van der Waals surface area contributed by atoms with Crippen LogP contribution in [0.15, 0.2) is 22.7 Å². The number of hydrogen-bond donors (Lipinski definition) is 2. The van der Waals surface area contributed by atoms with Crippen LogP contribution in [0.3, 0.4) is 0 Å². The highest BCUT2D eigenvalue weighted by molar-refractivity contribution is 9.10. The van der Waals surface area contributed by atoms with Gasteiger partial charge in [-0.05, 0) is 46.3 Å². The predicted molar refractivity (Wildman–Crippen MR) is 90.5 cm³/mol. The molecule has 0 heterocycles. The number of halogens is 2. The van der Waals surface area contributed by atoms with E-state index in [4.69, 9.17) is 12.2 Å². The summed E-state index contributed by atoms with van der Waals surface area (Å²) in [6.45, 7) is 7.35. The molecule has 0 spiro atoms. The third-order valence-electron chi connectivity index (χ3n) is 2.10. The zero-order valence-corrected chi connectivity index (χ0v) is 14.4. The van der Waals surface area contributed by atoms with E-state index in [0.717, 1.165) is 18.0 Å². The lowest BCUT2D eigenvalue weighted by atomic mass is 10.3. The van der Waals surface area contributed by atoms with Gasteiger partial charge in [0.25, 0.3) is 0 Å². The van der Waals surface area contributed by atoms with Gasteiger partial charge in [0, 0.05) is 21.5 Å². The van der Waals surface area contributed by atoms with E-state index in [-0.39, 0.29) is 10.6 Å². The molecule has 0 aliphatic carbocycles. The van der Waals surface area contributed by atoms with Crippen molar-refractivity contribution in [1.82, 2.24) is 5.32 Å². The summed E-state index contributed by atoms with van der Waals surface area (Å²) in [4.78, 5) is 0. The normalized spacial score (nSPS) is 11.2. The van der Waals surface area contributed by atoms with Crippen molar-refractivity contribution >= 4 is 50.7 Å². The standard InChI is InChI=1S/C13H18BrFN2S2/c1-13(2,3)19-7-6-16-12(18)17-11-5-4-9(15)8-10(11)14/h4-5,8H,6-7H2,1-3H3,(H2,16,17,18). The summed E-state index contributed by atoms with van der Waals surface area (Å²) in [7, 11) is 0. The monoisotopic (exact) mass is 364 g/mol. The molecule has 1 rings (SSSR count). The van der Waals surface area contributed by atoms with E-state index in [1.165, 1.54) is 12.1 Å². The molecule has 2 N–H and O–H groups in total. The Kier molecular flexibility index (Phi) is 6.56. The molecule has 0 amide bonds. The summed E-state index contributed by atoms with van der Waals surface area (Å²) in [6.07, 6.45) is 0. The highest BCUT2D eigenvalue weighted by atomic mass is 79.9. The van der Waals surface area contributed by atoms with Crippen molar-refractivity contribution in [1.29, 1.82) is 0 Å². The largest absolute Gasteiger partial charge is 0.362 e. The Morgan fingerprint density at radius 3 is 2.68 bits per heavy atom. The van der Waals surface area contributed by atoms with Crippen LogP contribution in [0.25, 0.3) is 0 Å². The minimum atomic E-state index is -0.280. The fraction of sp³-hybridized carbons (Fsp3) is 0.462. The van der Waals surface area contributed by atoms with E-state index in [0.29, 0.717) is 9.59 Å². The number of benzene rings is 1. The fourth-order valence-electron chi connectivity index (χ4n) is 1.28. The van der Waals surface area contributed by atoms with Crippen molar-refractivity contribution in [3.05, 3.63) is 28.5 Å². The Hall–Kier alpha value is -0.330. The number of thiocarbonyl (C=S) groups is 1. The van der Waals surface area contributed by atoms with E-state index in [1.807, 2.05) is 11.8 Å². The van der Waals surface area contributed by atoms with Gasteiger partial charge in [0.1, 0.15) is 5.82 Å². The molecule has 1 aromatic rings. The molecule has 0 aliphatic heterocycles. The van der Waals surface area contributed by atoms with Gasteiger partial charge in [0.05, 0.1) is 5.69 Å². The van der Waals surface area contributed by atoms with Gasteiger partial charge in [-0.1, -0.05) is 20.8 Å². The quantitative estimate of drug-likeness (QED) is 0.610. The first-order valence-electron chi connectivity index (χ1n) is 5.92. The van der Waals surface area contributed by atoms with Gasteiger partial charge in [-0.3, -0.25) is 0 Å². The van der Waals surface area contributed by atoms with Crippen LogP contribution in [-0.4, -0.2) is 22.2 Å². The molecule has 0 aromatic heterocycles. The number of nitrogens with one attached hydrogen (secondary N) is 2. The second-order valence-corrected chi connectivity index (χ2v) is 8.15. The first-order valence-corrected chi connectivity index (χ1v) is 8.10. The lowest BCUT2D eigenvalue weighted by molar-refractivity contribution is 0.627. The number of anilines is 1. The lowest BCUT2D eigenvalue weighted by Crippen LogP contribution is -2.31.